The van der Waals surface area contributed by atoms with Crippen molar-refractivity contribution in [1.29, 1.82) is 0 Å². The van der Waals surface area contributed by atoms with Gasteiger partial charge in [0.15, 0.2) is 5.78 Å². The number of nitrogens with zero attached hydrogens (tertiary/aromatic N) is 3. The van der Waals surface area contributed by atoms with Crippen molar-refractivity contribution in [1.82, 2.24) is 4.90 Å². The standard InChI is InChI=1S/C22H21Cl2N3O3/c1-14(28)15-5-7-16(8-6-15)25-9-11-26(12-10-25)19-13-20(29)27(22(19)30)18-4-2-3-17(23)21(18)24/h2-8,19H,9-13H2,1H3. The number of halogens is 2. The summed E-state index contributed by atoms with van der Waals surface area (Å²) >= 11 is 12.3. The molecule has 2 aliphatic heterocycles. The second kappa shape index (κ2) is 8.38. The molecule has 0 N–H and O–H groups in total. The van der Waals surface area contributed by atoms with E-state index in [-0.39, 0.29) is 29.0 Å². The molecular weight excluding hydrogens is 425 g/mol. The SMILES string of the molecule is CC(=O)c1ccc(N2CCN(C3CC(=O)N(c4cccc(Cl)c4Cl)C3=O)CC2)cc1. The van der Waals surface area contributed by atoms with Gasteiger partial charge in [-0.1, -0.05) is 29.3 Å². The van der Waals surface area contributed by atoms with Gasteiger partial charge in [0.05, 0.1) is 28.2 Å². The maximum atomic E-state index is 13.0. The van der Waals surface area contributed by atoms with Gasteiger partial charge in [-0.25, -0.2) is 4.90 Å². The number of ketones is 1. The van der Waals surface area contributed by atoms with Crippen molar-refractivity contribution in [2.45, 2.75) is 19.4 Å². The Morgan fingerprint density at radius 2 is 1.63 bits per heavy atom. The normalized spacial score (nSPS) is 20.2. The Kier molecular flexibility index (Phi) is 5.82. The number of hydrogen-bond acceptors (Lipinski definition) is 5. The van der Waals surface area contributed by atoms with Crippen LogP contribution in [0.5, 0.6) is 0 Å². The molecule has 156 valence electrons. The van der Waals surface area contributed by atoms with Crippen LogP contribution in [-0.4, -0.2) is 54.7 Å². The topological polar surface area (TPSA) is 60.9 Å². The number of piperazine rings is 1. The number of anilines is 2. The molecule has 1 atom stereocenters. The summed E-state index contributed by atoms with van der Waals surface area (Å²) in [6, 6.07) is 12.0. The molecular formula is C22H21Cl2N3O3. The quantitative estimate of drug-likeness (QED) is 0.530. The maximum Gasteiger partial charge on any atom is 0.251 e. The van der Waals surface area contributed by atoms with Gasteiger partial charge in [-0.2, -0.15) is 0 Å². The molecule has 2 aliphatic rings. The van der Waals surface area contributed by atoms with Crippen molar-refractivity contribution in [3.63, 3.8) is 0 Å². The van der Waals surface area contributed by atoms with Crippen LogP contribution in [0.25, 0.3) is 0 Å². The molecule has 0 bridgehead atoms. The van der Waals surface area contributed by atoms with E-state index in [1.807, 2.05) is 24.3 Å². The third kappa shape index (κ3) is 3.83. The summed E-state index contributed by atoms with van der Waals surface area (Å²) in [5.74, 6) is -0.486. The average Bonchev–Trinajstić information content (AvgIpc) is 3.04. The number of Topliss-reactive ketones (excluding diaryl/α,β-unsaturated/α-hetero) is 1. The van der Waals surface area contributed by atoms with E-state index in [2.05, 4.69) is 9.80 Å². The van der Waals surface area contributed by atoms with Gasteiger partial charge in [0.2, 0.25) is 5.91 Å². The van der Waals surface area contributed by atoms with E-state index in [1.165, 1.54) is 0 Å². The van der Waals surface area contributed by atoms with E-state index < -0.39 is 6.04 Å². The van der Waals surface area contributed by atoms with Gasteiger partial charge in [0.25, 0.3) is 5.91 Å². The Bertz CT molecular complexity index is 1000. The lowest BCUT2D eigenvalue weighted by Crippen LogP contribution is -2.52. The lowest BCUT2D eigenvalue weighted by atomic mass is 10.1. The molecule has 0 aromatic heterocycles. The van der Waals surface area contributed by atoms with Crippen LogP contribution in [0.3, 0.4) is 0 Å². The first-order valence-corrected chi connectivity index (χ1v) is 10.5. The number of benzene rings is 2. The summed E-state index contributed by atoms with van der Waals surface area (Å²) in [6.07, 6.45) is 0.134. The van der Waals surface area contributed by atoms with Crippen LogP contribution >= 0.6 is 23.2 Å². The highest BCUT2D eigenvalue weighted by atomic mass is 35.5. The van der Waals surface area contributed by atoms with E-state index in [0.29, 0.717) is 29.4 Å². The van der Waals surface area contributed by atoms with Gasteiger partial charge in [-0.3, -0.25) is 19.3 Å². The summed E-state index contributed by atoms with van der Waals surface area (Å²) < 4.78 is 0. The first kappa shape index (κ1) is 20.8. The van der Waals surface area contributed by atoms with E-state index in [4.69, 9.17) is 23.2 Å². The van der Waals surface area contributed by atoms with Crippen molar-refractivity contribution in [2.24, 2.45) is 0 Å². The molecule has 4 rings (SSSR count). The number of rotatable bonds is 4. The number of imide groups is 1. The summed E-state index contributed by atoms with van der Waals surface area (Å²) in [6.45, 7) is 4.34. The number of carbonyl (C=O) groups excluding carboxylic acids is 3. The van der Waals surface area contributed by atoms with Crippen LogP contribution in [0.4, 0.5) is 11.4 Å². The van der Waals surface area contributed by atoms with Gasteiger partial charge < -0.3 is 4.90 Å². The van der Waals surface area contributed by atoms with Crippen LogP contribution in [0, 0.1) is 0 Å². The van der Waals surface area contributed by atoms with Crippen LogP contribution in [0.2, 0.25) is 10.0 Å². The summed E-state index contributed by atoms with van der Waals surface area (Å²) in [7, 11) is 0. The lowest BCUT2D eigenvalue weighted by molar-refractivity contribution is -0.123. The molecule has 6 nitrogen and oxygen atoms in total. The van der Waals surface area contributed by atoms with E-state index >= 15 is 0 Å². The van der Waals surface area contributed by atoms with E-state index in [0.717, 1.165) is 23.7 Å². The van der Waals surface area contributed by atoms with E-state index in [1.54, 1.807) is 25.1 Å². The minimum absolute atomic E-state index is 0.0418. The fourth-order valence-electron chi connectivity index (χ4n) is 4.02. The summed E-state index contributed by atoms with van der Waals surface area (Å²) in [5, 5.41) is 0.517. The highest BCUT2D eigenvalue weighted by Crippen LogP contribution is 2.36. The van der Waals surface area contributed by atoms with Gasteiger partial charge in [-0.05, 0) is 43.3 Å². The Morgan fingerprint density at radius 1 is 0.967 bits per heavy atom. The monoisotopic (exact) mass is 445 g/mol. The van der Waals surface area contributed by atoms with Gasteiger partial charge >= 0.3 is 0 Å². The lowest BCUT2D eigenvalue weighted by Gasteiger charge is -2.38. The molecule has 2 fully saturated rings. The Hall–Kier alpha value is -2.41. The van der Waals surface area contributed by atoms with Gasteiger partial charge in [0.1, 0.15) is 0 Å². The first-order valence-electron chi connectivity index (χ1n) is 9.77. The van der Waals surface area contributed by atoms with Gasteiger partial charge in [-0.15, -0.1) is 0 Å². The van der Waals surface area contributed by atoms with Crippen LogP contribution in [0.1, 0.15) is 23.7 Å². The molecule has 0 aliphatic carbocycles. The minimum Gasteiger partial charge on any atom is -0.369 e. The second-order valence-electron chi connectivity index (χ2n) is 7.49. The largest absolute Gasteiger partial charge is 0.369 e. The molecule has 0 saturated carbocycles. The fourth-order valence-corrected chi connectivity index (χ4v) is 4.40. The van der Waals surface area contributed by atoms with Crippen LogP contribution in [0.15, 0.2) is 42.5 Å². The van der Waals surface area contributed by atoms with Crippen molar-refractivity contribution in [3.05, 3.63) is 58.1 Å². The van der Waals surface area contributed by atoms with E-state index in [9.17, 15) is 14.4 Å². The molecule has 2 aromatic rings. The zero-order valence-electron chi connectivity index (χ0n) is 16.5. The molecule has 2 amide bonds. The first-order chi connectivity index (χ1) is 14.4. The third-order valence-corrected chi connectivity index (χ3v) is 6.50. The van der Waals surface area contributed by atoms with Crippen molar-refractivity contribution in [3.8, 4) is 0 Å². The number of carbonyl (C=O) groups is 3. The molecule has 0 radical (unpaired) electrons. The third-order valence-electron chi connectivity index (χ3n) is 5.69. The second-order valence-corrected chi connectivity index (χ2v) is 8.27. The minimum atomic E-state index is -0.491. The van der Waals surface area contributed by atoms with Crippen LogP contribution in [-0.2, 0) is 9.59 Å². The Balaban J connectivity index is 1.44. The van der Waals surface area contributed by atoms with Crippen molar-refractivity contribution in [2.75, 3.05) is 36.0 Å². The van der Waals surface area contributed by atoms with Gasteiger partial charge in [0, 0.05) is 37.4 Å². The maximum absolute atomic E-state index is 13.0. The zero-order chi connectivity index (χ0) is 21.4. The predicted molar refractivity (Wildman–Crippen MR) is 118 cm³/mol. The average molecular weight is 446 g/mol. The molecule has 30 heavy (non-hydrogen) atoms. The predicted octanol–water partition coefficient (Wildman–Crippen LogP) is 3.65. The fraction of sp³-hybridized carbons (Fsp3) is 0.318. The highest BCUT2D eigenvalue weighted by Gasteiger charge is 2.44. The van der Waals surface area contributed by atoms with Crippen molar-refractivity contribution >= 4 is 52.2 Å². The molecule has 8 heteroatoms. The molecule has 2 saturated heterocycles. The summed E-state index contributed by atoms with van der Waals surface area (Å²) in [5.41, 5.74) is 2.07. The molecule has 1 unspecified atom stereocenters. The highest BCUT2D eigenvalue weighted by molar-refractivity contribution is 6.44. The number of amides is 2. The zero-order valence-corrected chi connectivity index (χ0v) is 18.0. The smallest absolute Gasteiger partial charge is 0.251 e. The molecule has 2 aromatic carbocycles. The molecule has 2 heterocycles. The number of hydrogen-bond donors (Lipinski definition) is 0. The van der Waals surface area contributed by atoms with Crippen molar-refractivity contribution < 1.29 is 14.4 Å². The summed E-state index contributed by atoms with van der Waals surface area (Å²) in [4.78, 5) is 42.5. The molecule has 0 spiro atoms. The van der Waals surface area contributed by atoms with Crippen LogP contribution < -0.4 is 9.80 Å². The Morgan fingerprint density at radius 3 is 2.27 bits per heavy atom. The Labute approximate surface area is 184 Å².